The largest absolute Gasteiger partial charge is 0.488 e. The Balaban J connectivity index is 3.34. The van der Waals surface area contributed by atoms with Crippen LogP contribution >= 0.6 is 22.6 Å². The highest BCUT2D eigenvalue weighted by atomic mass is 127. The minimum Gasteiger partial charge on any atom is -0.423 e. The maximum atomic E-state index is 9.22. The van der Waals surface area contributed by atoms with Crippen LogP contribution in [0.1, 0.15) is 16.7 Å². The maximum Gasteiger partial charge on any atom is 0.488 e. The molecule has 1 rings (SSSR count). The highest BCUT2D eigenvalue weighted by Crippen LogP contribution is 2.19. The Morgan fingerprint density at radius 3 is 2.56 bits per heavy atom. The van der Waals surface area contributed by atoms with Crippen LogP contribution in [0.4, 0.5) is 0 Å². The van der Waals surface area contributed by atoms with Crippen LogP contribution in [0.5, 0.6) is 0 Å². The molecular weight excluding hydrogens is 320 g/mol. The summed E-state index contributed by atoms with van der Waals surface area (Å²) in [5.74, 6) is 0. The highest BCUT2D eigenvalue weighted by Gasteiger charge is 2.18. The van der Waals surface area contributed by atoms with Gasteiger partial charge in [0, 0.05) is 8.48 Å². The van der Waals surface area contributed by atoms with Gasteiger partial charge >= 0.3 is 7.12 Å². The molecule has 0 bridgehead atoms. The second kappa shape index (κ2) is 5.54. The van der Waals surface area contributed by atoms with Gasteiger partial charge in [0.05, 0.1) is 6.54 Å². The third kappa shape index (κ3) is 2.68. The molecule has 0 aliphatic heterocycles. The van der Waals surface area contributed by atoms with Crippen molar-refractivity contribution in [1.82, 2.24) is 0 Å². The van der Waals surface area contributed by atoms with Crippen LogP contribution < -0.4 is 5.46 Å². The quantitative estimate of drug-likeness (QED) is 0.288. The zero-order chi connectivity index (χ0) is 12.3. The maximum absolute atomic E-state index is 9.22. The molecule has 0 aliphatic rings. The van der Waals surface area contributed by atoms with Gasteiger partial charge in [0.25, 0.3) is 0 Å². The molecule has 0 heterocycles. The minimum atomic E-state index is -1.50. The molecule has 0 saturated carbocycles. The second-order valence-electron chi connectivity index (χ2n) is 3.45. The van der Waals surface area contributed by atoms with Crippen LogP contribution in [0.25, 0.3) is 10.4 Å². The summed E-state index contributed by atoms with van der Waals surface area (Å²) in [6.07, 6.45) is 0. The van der Waals surface area contributed by atoms with Gasteiger partial charge in [0.2, 0.25) is 0 Å². The van der Waals surface area contributed by atoms with Crippen LogP contribution in [-0.4, -0.2) is 17.2 Å². The highest BCUT2D eigenvalue weighted by molar-refractivity contribution is 14.1. The number of nitrogens with zero attached hydrogens (tertiary/aromatic N) is 3. The van der Waals surface area contributed by atoms with E-state index in [9.17, 15) is 10.0 Å². The lowest BCUT2D eigenvalue weighted by Crippen LogP contribution is -2.33. The van der Waals surface area contributed by atoms with Gasteiger partial charge in [0.15, 0.2) is 0 Å². The molecule has 1 aromatic carbocycles. The number of hydrogen-bond acceptors (Lipinski definition) is 3. The fourth-order valence-electron chi connectivity index (χ4n) is 1.49. The van der Waals surface area contributed by atoms with E-state index in [1.807, 2.05) is 13.8 Å². The fourth-order valence-corrected chi connectivity index (χ4v) is 2.15. The van der Waals surface area contributed by atoms with E-state index in [4.69, 9.17) is 5.53 Å². The van der Waals surface area contributed by atoms with E-state index in [1.54, 1.807) is 6.07 Å². The van der Waals surface area contributed by atoms with Gasteiger partial charge in [-0.15, -0.1) is 0 Å². The Labute approximate surface area is 107 Å². The molecule has 84 valence electrons. The minimum absolute atomic E-state index is 0.221. The second-order valence-corrected chi connectivity index (χ2v) is 4.53. The molecule has 0 unspecified atom stereocenters. The summed E-state index contributed by atoms with van der Waals surface area (Å²) < 4.78 is 0.964. The van der Waals surface area contributed by atoms with Gasteiger partial charge in [-0.25, -0.2) is 0 Å². The van der Waals surface area contributed by atoms with E-state index in [2.05, 4.69) is 32.6 Å². The number of benzene rings is 1. The van der Waals surface area contributed by atoms with Crippen molar-refractivity contribution in [3.05, 3.63) is 36.8 Å². The molecule has 0 spiro atoms. The molecule has 0 atom stereocenters. The molecule has 16 heavy (non-hydrogen) atoms. The van der Waals surface area contributed by atoms with Crippen LogP contribution in [-0.2, 0) is 6.54 Å². The summed E-state index contributed by atoms with van der Waals surface area (Å²) >= 11 is 2.15. The third-order valence-corrected chi connectivity index (χ3v) is 4.10. The lowest BCUT2D eigenvalue weighted by Gasteiger charge is -2.13. The number of hydrogen-bond donors (Lipinski definition) is 2. The van der Waals surface area contributed by atoms with Crippen LogP contribution in [0.2, 0.25) is 0 Å². The summed E-state index contributed by atoms with van der Waals surface area (Å²) in [4.78, 5) is 2.70. The van der Waals surface area contributed by atoms with Crippen molar-refractivity contribution in [2.24, 2.45) is 5.11 Å². The van der Waals surface area contributed by atoms with E-state index in [0.717, 1.165) is 20.3 Å². The zero-order valence-corrected chi connectivity index (χ0v) is 11.1. The molecule has 5 nitrogen and oxygen atoms in total. The van der Waals surface area contributed by atoms with E-state index < -0.39 is 7.12 Å². The molecule has 0 amide bonds. The van der Waals surface area contributed by atoms with Crippen molar-refractivity contribution in [3.8, 4) is 0 Å². The predicted octanol–water partition coefficient (Wildman–Crippen LogP) is 1.40. The Kier molecular flexibility index (Phi) is 4.61. The summed E-state index contributed by atoms with van der Waals surface area (Å²) in [5.41, 5.74) is 11.4. The summed E-state index contributed by atoms with van der Waals surface area (Å²) in [6.45, 7) is 3.98. The summed E-state index contributed by atoms with van der Waals surface area (Å²) in [7, 11) is -1.50. The van der Waals surface area contributed by atoms with Gasteiger partial charge in [-0.2, -0.15) is 0 Å². The Morgan fingerprint density at radius 1 is 1.44 bits per heavy atom. The number of azide groups is 1. The van der Waals surface area contributed by atoms with Gasteiger partial charge in [0.1, 0.15) is 0 Å². The predicted molar refractivity (Wildman–Crippen MR) is 71.3 cm³/mol. The standard InChI is InChI=1S/C9H11BIN3O2/c1-5-7(4-13-14-12)3-8(10(15)16)6(2)9(5)11/h3,15-16H,4H2,1-2H3. The average molecular weight is 331 g/mol. The molecule has 0 radical (unpaired) electrons. The molecule has 0 saturated heterocycles. The Morgan fingerprint density at radius 2 is 2.06 bits per heavy atom. The topological polar surface area (TPSA) is 89.2 Å². The monoisotopic (exact) mass is 331 g/mol. The Bertz CT molecular complexity index is 459. The molecule has 1 aromatic rings. The first-order valence-electron chi connectivity index (χ1n) is 4.64. The van der Waals surface area contributed by atoms with E-state index in [0.29, 0.717) is 5.46 Å². The van der Waals surface area contributed by atoms with E-state index in [-0.39, 0.29) is 6.54 Å². The first kappa shape index (κ1) is 13.3. The van der Waals surface area contributed by atoms with Crippen molar-refractivity contribution < 1.29 is 10.0 Å². The smallest absolute Gasteiger partial charge is 0.423 e. The van der Waals surface area contributed by atoms with Crippen molar-refractivity contribution in [3.63, 3.8) is 0 Å². The first-order valence-corrected chi connectivity index (χ1v) is 5.72. The molecule has 2 N–H and O–H groups in total. The normalized spacial score (nSPS) is 9.81. The van der Waals surface area contributed by atoms with Gasteiger partial charge in [-0.05, 0) is 64.1 Å². The van der Waals surface area contributed by atoms with Gasteiger partial charge in [-0.1, -0.05) is 11.2 Å². The molecule has 0 aliphatic carbocycles. The van der Waals surface area contributed by atoms with Crippen molar-refractivity contribution in [1.29, 1.82) is 0 Å². The molecule has 0 aromatic heterocycles. The van der Waals surface area contributed by atoms with Crippen molar-refractivity contribution >= 4 is 35.2 Å². The zero-order valence-electron chi connectivity index (χ0n) is 8.98. The number of rotatable bonds is 3. The van der Waals surface area contributed by atoms with Crippen molar-refractivity contribution in [2.75, 3.05) is 0 Å². The number of halogens is 1. The van der Waals surface area contributed by atoms with Gasteiger partial charge < -0.3 is 10.0 Å². The lowest BCUT2D eigenvalue weighted by atomic mass is 9.76. The molecule has 0 fully saturated rings. The third-order valence-electron chi connectivity index (χ3n) is 2.49. The molecule has 7 heteroatoms. The SMILES string of the molecule is Cc1c(CN=[N+]=[N-])cc(B(O)O)c(C)c1I. The van der Waals surface area contributed by atoms with Crippen LogP contribution in [0, 0.1) is 17.4 Å². The van der Waals surface area contributed by atoms with Crippen LogP contribution in [0.3, 0.4) is 0 Å². The average Bonchev–Trinajstić information content (AvgIpc) is 2.24. The van der Waals surface area contributed by atoms with Crippen LogP contribution in [0.15, 0.2) is 11.2 Å². The van der Waals surface area contributed by atoms with E-state index >= 15 is 0 Å². The Hall–Kier alpha value is -0.755. The van der Waals surface area contributed by atoms with Gasteiger partial charge in [-0.3, -0.25) is 0 Å². The lowest BCUT2D eigenvalue weighted by molar-refractivity contribution is 0.425. The molecular formula is C9H11BIN3O2. The summed E-state index contributed by atoms with van der Waals surface area (Å²) in [5, 5.41) is 21.9. The van der Waals surface area contributed by atoms with E-state index in [1.165, 1.54) is 0 Å². The summed E-state index contributed by atoms with van der Waals surface area (Å²) in [6, 6.07) is 1.67. The first-order chi connectivity index (χ1) is 7.49. The fraction of sp³-hybridized carbons (Fsp3) is 0.333. The van der Waals surface area contributed by atoms with Crippen molar-refractivity contribution in [2.45, 2.75) is 20.4 Å².